The molecule has 2 aromatic carbocycles. The molecule has 102 valence electrons. The van der Waals surface area contributed by atoms with E-state index < -0.39 is 0 Å². The highest BCUT2D eigenvalue weighted by atomic mass is 35.5. The summed E-state index contributed by atoms with van der Waals surface area (Å²) in [5.41, 5.74) is 9.43. The van der Waals surface area contributed by atoms with Gasteiger partial charge in [0.05, 0.1) is 12.5 Å². The first-order valence-corrected chi connectivity index (χ1v) is 6.75. The number of nitriles is 1. The van der Waals surface area contributed by atoms with Gasteiger partial charge in [-0.25, -0.2) is 0 Å². The van der Waals surface area contributed by atoms with Crippen molar-refractivity contribution in [3.8, 4) is 6.07 Å². The molecule has 1 atom stereocenters. The van der Waals surface area contributed by atoms with E-state index in [9.17, 15) is 0 Å². The largest absolute Gasteiger partial charge is 0.398 e. The molecule has 0 aliphatic carbocycles. The molecular weight excluding hydrogens is 270 g/mol. The minimum absolute atomic E-state index is 0.144. The van der Waals surface area contributed by atoms with Crippen LogP contribution in [0, 0.1) is 11.3 Å². The molecule has 0 aromatic heterocycles. The summed E-state index contributed by atoms with van der Waals surface area (Å²) in [7, 11) is 0. The summed E-state index contributed by atoms with van der Waals surface area (Å²) >= 11 is 5.88. The van der Waals surface area contributed by atoms with E-state index in [1.807, 2.05) is 42.5 Å². The molecule has 2 aromatic rings. The molecule has 0 bridgehead atoms. The Kier molecular flexibility index (Phi) is 4.49. The molecule has 0 aliphatic rings. The van der Waals surface area contributed by atoms with Crippen LogP contribution in [0.2, 0.25) is 5.02 Å². The van der Waals surface area contributed by atoms with Crippen molar-refractivity contribution in [2.75, 3.05) is 11.1 Å². The first kappa shape index (κ1) is 14.2. The van der Waals surface area contributed by atoms with Crippen molar-refractivity contribution in [1.82, 2.24) is 0 Å². The third-order valence-electron chi connectivity index (χ3n) is 3.17. The second-order valence-corrected chi connectivity index (χ2v) is 5.10. The number of nitrogens with zero attached hydrogens (tertiary/aromatic N) is 1. The van der Waals surface area contributed by atoms with Crippen molar-refractivity contribution < 1.29 is 0 Å². The van der Waals surface area contributed by atoms with Crippen molar-refractivity contribution in [3.63, 3.8) is 0 Å². The van der Waals surface area contributed by atoms with Crippen molar-refractivity contribution in [2.45, 2.75) is 19.4 Å². The Hall–Kier alpha value is -2.18. The Morgan fingerprint density at radius 1 is 1.25 bits per heavy atom. The van der Waals surface area contributed by atoms with Gasteiger partial charge >= 0.3 is 0 Å². The maximum Gasteiger partial charge on any atom is 0.0670 e. The molecule has 3 nitrogen and oxygen atoms in total. The molecule has 0 radical (unpaired) electrons. The third kappa shape index (κ3) is 3.43. The van der Waals surface area contributed by atoms with Gasteiger partial charge in [-0.15, -0.1) is 0 Å². The number of anilines is 2. The number of rotatable bonds is 4. The summed E-state index contributed by atoms with van der Waals surface area (Å²) < 4.78 is 0. The van der Waals surface area contributed by atoms with E-state index in [1.54, 1.807) is 0 Å². The fraction of sp³-hybridized carbons (Fsp3) is 0.188. The van der Waals surface area contributed by atoms with Crippen LogP contribution in [0.15, 0.2) is 42.5 Å². The normalized spacial score (nSPS) is 11.7. The fourth-order valence-electron chi connectivity index (χ4n) is 2.02. The van der Waals surface area contributed by atoms with Crippen LogP contribution in [0.4, 0.5) is 11.4 Å². The van der Waals surface area contributed by atoms with Crippen molar-refractivity contribution in [1.29, 1.82) is 5.26 Å². The zero-order valence-electron chi connectivity index (χ0n) is 11.2. The molecule has 2 rings (SSSR count). The van der Waals surface area contributed by atoms with Gasteiger partial charge in [0.25, 0.3) is 0 Å². The smallest absolute Gasteiger partial charge is 0.0670 e. The second-order valence-electron chi connectivity index (χ2n) is 4.67. The average Bonchev–Trinajstić information content (AvgIpc) is 2.43. The number of nitrogens with one attached hydrogen (secondary N) is 1. The molecule has 1 unspecified atom stereocenters. The number of nitrogen functional groups attached to an aromatic ring is 1. The van der Waals surface area contributed by atoms with E-state index in [-0.39, 0.29) is 6.04 Å². The fourth-order valence-corrected chi connectivity index (χ4v) is 2.14. The first-order valence-electron chi connectivity index (χ1n) is 6.37. The molecular formula is C16H16ClN3. The zero-order valence-corrected chi connectivity index (χ0v) is 12.0. The maximum absolute atomic E-state index is 8.78. The highest BCUT2D eigenvalue weighted by Crippen LogP contribution is 2.24. The monoisotopic (exact) mass is 285 g/mol. The molecule has 0 amide bonds. The molecule has 0 spiro atoms. The van der Waals surface area contributed by atoms with Gasteiger partial charge < -0.3 is 11.1 Å². The molecule has 0 aliphatic heterocycles. The summed E-state index contributed by atoms with van der Waals surface area (Å²) in [6, 6.07) is 15.7. The zero-order chi connectivity index (χ0) is 14.5. The number of benzene rings is 2. The van der Waals surface area contributed by atoms with E-state index in [4.69, 9.17) is 22.6 Å². The van der Waals surface area contributed by atoms with E-state index in [2.05, 4.69) is 18.3 Å². The molecule has 3 N–H and O–H groups in total. The number of hydrogen-bond donors (Lipinski definition) is 2. The summed E-state index contributed by atoms with van der Waals surface area (Å²) in [5.74, 6) is 0. The van der Waals surface area contributed by atoms with E-state index in [0.717, 1.165) is 21.8 Å². The minimum Gasteiger partial charge on any atom is -0.398 e. The maximum atomic E-state index is 8.78. The van der Waals surface area contributed by atoms with Crippen molar-refractivity contribution in [2.24, 2.45) is 0 Å². The van der Waals surface area contributed by atoms with E-state index >= 15 is 0 Å². The van der Waals surface area contributed by atoms with E-state index in [0.29, 0.717) is 12.1 Å². The van der Waals surface area contributed by atoms with Crippen LogP contribution < -0.4 is 11.1 Å². The molecule has 0 heterocycles. The lowest BCUT2D eigenvalue weighted by Gasteiger charge is -2.17. The molecule has 20 heavy (non-hydrogen) atoms. The Morgan fingerprint density at radius 3 is 2.60 bits per heavy atom. The molecule has 0 saturated heterocycles. The Bertz CT molecular complexity index is 629. The van der Waals surface area contributed by atoms with Gasteiger partial charge in [0.2, 0.25) is 0 Å². The van der Waals surface area contributed by atoms with Crippen LogP contribution in [-0.4, -0.2) is 0 Å². The number of halogens is 1. The van der Waals surface area contributed by atoms with Crippen LogP contribution in [0.25, 0.3) is 0 Å². The van der Waals surface area contributed by atoms with Crippen LogP contribution in [0.3, 0.4) is 0 Å². The lowest BCUT2D eigenvalue weighted by atomic mass is 10.1. The summed E-state index contributed by atoms with van der Waals surface area (Å²) in [5, 5.41) is 12.9. The Morgan fingerprint density at radius 2 is 1.95 bits per heavy atom. The lowest BCUT2D eigenvalue weighted by Crippen LogP contribution is -2.07. The topological polar surface area (TPSA) is 61.8 Å². The van der Waals surface area contributed by atoms with Gasteiger partial charge in [-0.05, 0) is 48.4 Å². The second kappa shape index (κ2) is 6.31. The summed E-state index contributed by atoms with van der Waals surface area (Å²) in [6.45, 7) is 2.07. The molecule has 0 fully saturated rings. The van der Waals surface area contributed by atoms with Gasteiger partial charge in [0, 0.05) is 22.4 Å². The highest BCUT2D eigenvalue weighted by Gasteiger charge is 2.07. The Balaban J connectivity index is 2.15. The van der Waals surface area contributed by atoms with Gasteiger partial charge in [0.15, 0.2) is 0 Å². The van der Waals surface area contributed by atoms with Crippen LogP contribution in [0.5, 0.6) is 0 Å². The minimum atomic E-state index is 0.144. The van der Waals surface area contributed by atoms with Gasteiger partial charge in [-0.3, -0.25) is 0 Å². The van der Waals surface area contributed by atoms with Gasteiger partial charge in [-0.1, -0.05) is 23.7 Å². The summed E-state index contributed by atoms with van der Waals surface area (Å²) in [4.78, 5) is 0. The van der Waals surface area contributed by atoms with Crippen LogP contribution in [0.1, 0.15) is 24.1 Å². The van der Waals surface area contributed by atoms with Gasteiger partial charge in [-0.2, -0.15) is 5.26 Å². The van der Waals surface area contributed by atoms with E-state index in [1.165, 1.54) is 0 Å². The third-order valence-corrected chi connectivity index (χ3v) is 3.42. The number of nitrogens with two attached hydrogens (primary N) is 1. The molecule has 4 heteroatoms. The predicted molar refractivity (Wildman–Crippen MR) is 83.7 cm³/mol. The quantitative estimate of drug-likeness (QED) is 0.829. The summed E-state index contributed by atoms with van der Waals surface area (Å²) in [6.07, 6.45) is 0.316. The Labute approximate surface area is 124 Å². The molecule has 0 saturated carbocycles. The van der Waals surface area contributed by atoms with Crippen LogP contribution in [-0.2, 0) is 6.42 Å². The average molecular weight is 286 g/mol. The number of hydrogen-bond acceptors (Lipinski definition) is 3. The lowest BCUT2D eigenvalue weighted by molar-refractivity contribution is 0.884. The van der Waals surface area contributed by atoms with Crippen molar-refractivity contribution >= 4 is 23.0 Å². The van der Waals surface area contributed by atoms with Crippen molar-refractivity contribution in [3.05, 3.63) is 58.6 Å². The SMILES string of the molecule is CC(Nc1ccc(N)c(CC#N)c1)c1ccc(Cl)cc1. The van der Waals surface area contributed by atoms with Crippen LogP contribution >= 0.6 is 11.6 Å². The first-order chi connectivity index (χ1) is 9.60. The predicted octanol–water partition coefficient (Wildman–Crippen LogP) is 4.16. The van der Waals surface area contributed by atoms with Gasteiger partial charge in [0.1, 0.15) is 0 Å². The standard InChI is InChI=1S/C16H16ClN3/c1-11(12-2-4-14(17)5-3-12)20-15-6-7-16(19)13(10-15)8-9-18/h2-7,10-11,20H,8,19H2,1H3. The highest BCUT2D eigenvalue weighted by molar-refractivity contribution is 6.30.